The van der Waals surface area contributed by atoms with Gasteiger partial charge in [0.05, 0.1) is 5.69 Å². The van der Waals surface area contributed by atoms with Crippen LogP contribution in [0.2, 0.25) is 5.22 Å². The number of nitrogens with zero attached hydrogens (tertiary/aromatic N) is 1. The van der Waals surface area contributed by atoms with Crippen LogP contribution in [0.1, 0.15) is 50.1 Å². The molecule has 0 atom stereocenters. The molecule has 88 valence electrons. The molecule has 1 aliphatic rings. The molecule has 1 aromatic rings. The number of aromatic nitrogens is 1. The van der Waals surface area contributed by atoms with Crippen LogP contribution in [-0.4, -0.2) is 10.8 Å². The maximum Gasteiger partial charge on any atom is 0.216 e. The predicted molar refractivity (Wildman–Crippen MR) is 61.6 cm³/mol. The SMILES string of the molecule is CC(=O)C1CCC(c2nc(C)c(Cl)o2)CC1. The maximum absolute atomic E-state index is 11.2. The summed E-state index contributed by atoms with van der Waals surface area (Å²) < 4.78 is 5.42. The fourth-order valence-electron chi connectivity index (χ4n) is 2.32. The Morgan fingerprint density at radius 3 is 2.44 bits per heavy atom. The van der Waals surface area contributed by atoms with Crippen molar-refractivity contribution >= 4 is 17.4 Å². The number of hydrogen-bond acceptors (Lipinski definition) is 3. The third-order valence-electron chi connectivity index (χ3n) is 3.41. The van der Waals surface area contributed by atoms with E-state index in [-0.39, 0.29) is 5.92 Å². The Labute approximate surface area is 100 Å². The highest BCUT2D eigenvalue weighted by atomic mass is 35.5. The van der Waals surface area contributed by atoms with Crippen molar-refractivity contribution in [1.29, 1.82) is 0 Å². The lowest BCUT2D eigenvalue weighted by Crippen LogP contribution is -2.19. The summed E-state index contributed by atoms with van der Waals surface area (Å²) in [5.74, 6) is 1.62. The van der Waals surface area contributed by atoms with E-state index in [1.165, 1.54) is 0 Å². The Morgan fingerprint density at radius 1 is 1.38 bits per heavy atom. The fraction of sp³-hybridized carbons (Fsp3) is 0.667. The van der Waals surface area contributed by atoms with Gasteiger partial charge in [0.2, 0.25) is 5.22 Å². The summed E-state index contributed by atoms with van der Waals surface area (Å²) in [6.07, 6.45) is 3.83. The van der Waals surface area contributed by atoms with Gasteiger partial charge in [-0.3, -0.25) is 4.79 Å². The van der Waals surface area contributed by atoms with Crippen molar-refractivity contribution in [2.75, 3.05) is 0 Å². The summed E-state index contributed by atoms with van der Waals surface area (Å²) in [5.41, 5.74) is 0.755. The summed E-state index contributed by atoms with van der Waals surface area (Å²) in [7, 11) is 0. The molecule has 0 N–H and O–H groups in total. The predicted octanol–water partition coefficient (Wildman–Crippen LogP) is 3.50. The second-order valence-electron chi connectivity index (χ2n) is 4.57. The molecule has 2 rings (SSSR count). The van der Waals surface area contributed by atoms with Gasteiger partial charge in [-0.1, -0.05) is 0 Å². The number of ketones is 1. The number of aryl methyl sites for hydroxylation is 1. The number of hydrogen-bond donors (Lipinski definition) is 0. The second kappa shape index (κ2) is 4.58. The molecule has 3 nitrogen and oxygen atoms in total. The number of oxazole rings is 1. The molecule has 0 aromatic carbocycles. The van der Waals surface area contributed by atoms with Gasteiger partial charge in [0.25, 0.3) is 0 Å². The summed E-state index contributed by atoms with van der Waals surface area (Å²) in [6, 6.07) is 0. The molecule has 0 amide bonds. The Hall–Kier alpha value is -0.830. The summed E-state index contributed by atoms with van der Waals surface area (Å²) >= 11 is 5.84. The van der Waals surface area contributed by atoms with E-state index in [0.29, 0.717) is 16.9 Å². The molecule has 0 radical (unpaired) electrons. The molecule has 0 spiro atoms. The number of rotatable bonds is 2. The van der Waals surface area contributed by atoms with Gasteiger partial charge < -0.3 is 4.42 Å². The highest BCUT2D eigenvalue weighted by Gasteiger charge is 2.28. The third kappa shape index (κ3) is 2.29. The van der Waals surface area contributed by atoms with Crippen LogP contribution in [0.5, 0.6) is 0 Å². The molecule has 1 aromatic heterocycles. The van der Waals surface area contributed by atoms with E-state index in [0.717, 1.165) is 37.3 Å². The van der Waals surface area contributed by atoms with Crippen molar-refractivity contribution in [2.24, 2.45) is 5.92 Å². The van der Waals surface area contributed by atoms with E-state index in [4.69, 9.17) is 16.0 Å². The van der Waals surface area contributed by atoms with E-state index in [1.807, 2.05) is 6.92 Å². The number of carbonyl (C=O) groups is 1. The molecule has 1 saturated carbocycles. The van der Waals surface area contributed by atoms with E-state index < -0.39 is 0 Å². The Balaban J connectivity index is 2.01. The van der Waals surface area contributed by atoms with Crippen molar-refractivity contribution in [1.82, 2.24) is 4.98 Å². The molecule has 0 aliphatic heterocycles. The molecular weight excluding hydrogens is 226 g/mol. The summed E-state index contributed by atoms with van der Waals surface area (Å²) in [6.45, 7) is 3.52. The van der Waals surface area contributed by atoms with E-state index in [9.17, 15) is 4.79 Å². The molecule has 1 fully saturated rings. The van der Waals surface area contributed by atoms with Crippen LogP contribution in [0.3, 0.4) is 0 Å². The minimum absolute atomic E-state index is 0.239. The first kappa shape index (κ1) is 11.6. The van der Waals surface area contributed by atoms with Crippen molar-refractivity contribution < 1.29 is 9.21 Å². The normalized spacial score (nSPS) is 25.7. The Bertz CT molecular complexity index is 372. The van der Waals surface area contributed by atoms with Crippen LogP contribution >= 0.6 is 11.6 Å². The zero-order valence-corrected chi connectivity index (χ0v) is 10.4. The Kier molecular flexibility index (Phi) is 3.33. The molecule has 1 heterocycles. The van der Waals surface area contributed by atoms with E-state index in [1.54, 1.807) is 6.92 Å². The highest BCUT2D eigenvalue weighted by Crippen LogP contribution is 2.36. The average molecular weight is 242 g/mol. The molecule has 0 unspecified atom stereocenters. The molecule has 1 aliphatic carbocycles. The number of halogens is 1. The van der Waals surface area contributed by atoms with Crippen molar-refractivity contribution in [3.05, 3.63) is 16.8 Å². The zero-order chi connectivity index (χ0) is 11.7. The molecule has 4 heteroatoms. The van der Waals surface area contributed by atoms with Crippen molar-refractivity contribution in [3.63, 3.8) is 0 Å². The molecule has 16 heavy (non-hydrogen) atoms. The van der Waals surface area contributed by atoms with Gasteiger partial charge in [0.15, 0.2) is 5.89 Å². The number of Topliss-reactive ketones (excluding diaryl/α,β-unsaturated/α-hetero) is 1. The second-order valence-corrected chi connectivity index (χ2v) is 4.91. The van der Waals surface area contributed by atoms with Gasteiger partial charge in [0.1, 0.15) is 5.78 Å². The lowest BCUT2D eigenvalue weighted by Gasteiger charge is -2.24. The topological polar surface area (TPSA) is 43.1 Å². The number of carbonyl (C=O) groups excluding carboxylic acids is 1. The van der Waals surface area contributed by atoms with E-state index in [2.05, 4.69) is 4.98 Å². The van der Waals surface area contributed by atoms with Gasteiger partial charge in [-0.25, -0.2) is 4.98 Å². The minimum Gasteiger partial charge on any atom is -0.429 e. The first-order valence-electron chi connectivity index (χ1n) is 5.71. The lowest BCUT2D eigenvalue weighted by atomic mass is 9.80. The first-order valence-corrected chi connectivity index (χ1v) is 6.09. The van der Waals surface area contributed by atoms with Gasteiger partial charge in [-0.05, 0) is 51.1 Å². The highest BCUT2D eigenvalue weighted by molar-refractivity contribution is 6.29. The monoisotopic (exact) mass is 241 g/mol. The first-order chi connectivity index (χ1) is 7.58. The van der Waals surface area contributed by atoms with Gasteiger partial charge in [0, 0.05) is 11.8 Å². The largest absolute Gasteiger partial charge is 0.429 e. The van der Waals surface area contributed by atoms with Gasteiger partial charge >= 0.3 is 0 Å². The van der Waals surface area contributed by atoms with Crippen LogP contribution in [0.15, 0.2) is 4.42 Å². The van der Waals surface area contributed by atoms with E-state index >= 15 is 0 Å². The molecule has 0 bridgehead atoms. The minimum atomic E-state index is 0.239. The fourth-order valence-corrected chi connectivity index (χ4v) is 2.44. The third-order valence-corrected chi connectivity index (χ3v) is 3.76. The zero-order valence-electron chi connectivity index (χ0n) is 9.62. The van der Waals surface area contributed by atoms with Gasteiger partial charge in [-0.15, -0.1) is 0 Å². The molecular formula is C12H16ClNO2. The van der Waals surface area contributed by atoms with Gasteiger partial charge in [-0.2, -0.15) is 0 Å². The van der Waals surface area contributed by atoms with Crippen LogP contribution < -0.4 is 0 Å². The van der Waals surface area contributed by atoms with Crippen LogP contribution in [0.4, 0.5) is 0 Å². The molecule has 0 saturated heterocycles. The maximum atomic E-state index is 11.2. The smallest absolute Gasteiger partial charge is 0.216 e. The van der Waals surface area contributed by atoms with Crippen molar-refractivity contribution in [2.45, 2.75) is 45.4 Å². The summed E-state index contributed by atoms with van der Waals surface area (Å²) in [4.78, 5) is 15.6. The van der Waals surface area contributed by atoms with Crippen LogP contribution in [-0.2, 0) is 4.79 Å². The van der Waals surface area contributed by atoms with Crippen LogP contribution in [0.25, 0.3) is 0 Å². The standard InChI is InChI=1S/C12H16ClNO2/c1-7-11(13)16-12(14-7)10-5-3-9(4-6-10)8(2)15/h9-10H,3-6H2,1-2H3. The average Bonchev–Trinajstić information content (AvgIpc) is 2.59. The van der Waals surface area contributed by atoms with Crippen molar-refractivity contribution in [3.8, 4) is 0 Å². The van der Waals surface area contributed by atoms with Crippen LogP contribution in [0, 0.1) is 12.8 Å². The lowest BCUT2D eigenvalue weighted by molar-refractivity contribution is -0.121. The summed E-state index contributed by atoms with van der Waals surface area (Å²) in [5, 5.41) is 0.392. The Morgan fingerprint density at radius 2 is 2.00 bits per heavy atom. The quantitative estimate of drug-likeness (QED) is 0.796.